The van der Waals surface area contributed by atoms with Crippen LogP contribution in [0.5, 0.6) is 0 Å². The Morgan fingerprint density at radius 2 is 1.85 bits per heavy atom. The van der Waals surface area contributed by atoms with Crippen molar-refractivity contribution < 1.29 is 0 Å². The largest absolute Gasteiger partial charge is 0.357 e. The number of benzene rings is 1. The minimum atomic E-state index is 0.775. The van der Waals surface area contributed by atoms with Gasteiger partial charge in [0.2, 0.25) is 0 Å². The summed E-state index contributed by atoms with van der Waals surface area (Å²) in [6, 6.07) is 8.01. The number of nitrogens with one attached hydrogen (secondary N) is 1. The Bertz CT molecular complexity index is 538. The quantitative estimate of drug-likeness (QED) is 0.428. The van der Waals surface area contributed by atoms with Crippen LogP contribution in [0.3, 0.4) is 0 Å². The molecule has 2 rings (SSSR count). The van der Waals surface area contributed by atoms with Gasteiger partial charge in [-0.05, 0) is 51.1 Å². The van der Waals surface area contributed by atoms with Crippen LogP contribution in [0.15, 0.2) is 29.3 Å². The Morgan fingerprint density at radius 1 is 1.15 bits per heavy atom. The summed E-state index contributed by atoms with van der Waals surface area (Å²) in [5.41, 5.74) is 1.23. The van der Waals surface area contributed by atoms with E-state index in [2.05, 4.69) is 53.2 Å². The lowest BCUT2D eigenvalue weighted by molar-refractivity contribution is 0.152. The van der Waals surface area contributed by atoms with Crippen molar-refractivity contribution in [2.45, 2.75) is 26.3 Å². The number of hydrogen-bond acceptors (Lipinski definition) is 3. The third kappa shape index (κ3) is 7.52. The van der Waals surface area contributed by atoms with Gasteiger partial charge in [0.15, 0.2) is 5.96 Å². The monoisotopic (exact) mass is 379 g/mol. The molecule has 1 aliphatic heterocycles. The van der Waals surface area contributed by atoms with Crippen LogP contribution in [0.2, 0.25) is 5.02 Å². The highest BCUT2D eigenvalue weighted by Gasteiger charge is 2.12. The number of piperazine rings is 1. The zero-order valence-electron chi connectivity index (χ0n) is 16.5. The predicted molar refractivity (Wildman–Crippen MR) is 112 cm³/mol. The molecule has 0 atom stereocenters. The molecule has 1 fully saturated rings. The van der Waals surface area contributed by atoms with Crippen LogP contribution in [0.25, 0.3) is 0 Å². The van der Waals surface area contributed by atoms with E-state index >= 15 is 0 Å². The lowest BCUT2D eigenvalue weighted by Gasteiger charge is -2.32. The van der Waals surface area contributed by atoms with Gasteiger partial charge in [0.25, 0.3) is 0 Å². The normalized spacial score (nSPS) is 16.7. The topological polar surface area (TPSA) is 34.1 Å². The van der Waals surface area contributed by atoms with Crippen molar-refractivity contribution >= 4 is 17.6 Å². The van der Waals surface area contributed by atoms with Crippen LogP contribution in [0.1, 0.15) is 25.3 Å². The number of hydrogen-bond donors (Lipinski definition) is 1. The molecule has 1 saturated heterocycles. The number of halogens is 1. The van der Waals surface area contributed by atoms with Crippen LogP contribution in [-0.2, 0) is 6.54 Å². The first kappa shape index (κ1) is 21.0. The van der Waals surface area contributed by atoms with Gasteiger partial charge in [-0.3, -0.25) is 4.99 Å². The van der Waals surface area contributed by atoms with Gasteiger partial charge in [-0.25, -0.2) is 0 Å². The van der Waals surface area contributed by atoms with Gasteiger partial charge in [0.05, 0.1) is 0 Å². The number of guanidine groups is 1. The molecule has 6 heteroatoms. The molecule has 5 nitrogen and oxygen atoms in total. The summed E-state index contributed by atoms with van der Waals surface area (Å²) in [4.78, 5) is 11.9. The summed E-state index contributed by atoms with van der Waals surface area (Å²) < 4.78 is 0. The van der Waals surface area contributed by atoms with Crippen molar-refractivity contribution in [1.82, 2.24) is 20.0 Å². The highest BCUT2D eigenvalue weighted by Crippen LogP contribution is 2.11. The van der Waals surface area contributed by atoms with Crippen molar-refractivity contribution in [1.29, 1.82) is 0 Å². The lowest BCUT2D eigenvalue weighted by Crippen LogP contribution is -2.44. The van der Waals surface area contributed by atoms with Crippen LogP contribution < -0.4 is 5.32 Å². The molecule has 0 bridgehead atoms. The first-order chi connectivity index (χ1) is 12.6. The predicted octanol–water partition coefficient (Wildman–Crippen LogP) is 2.76. The van der Waals surface area contributed by atoms with Crippen molar-refractivity contribution in [3.63, 3.8) is 0 Å². The van der Waals surface area contributed by atoms with Gasteiger partial charge in [-0.1, -0.05) is 23.7 Å². The third-order valence-corrected chi connectivity index (χ3v) is 5.02. The van der Waals surface area contributed by atoms with Gasteiger partial charge < -0.3 is 20.0 Å². The molecule has 0 amide bonds. The van der Waals surface area contributed by atoms with E-state index in [0.717, 1.165) is 37.0 Å². The molecule has 0 aliphatic carbocycles. The second kappa shape index (κ2) is 11.4. The second-order valence-electron chi connectivity index (χ2n) is 7.07. The average molecular weight is 380 g/mol. The van der Waals surface area contributed by atoms with Gasteiger partial charge in [0, 0.05) is 57.9 Å². The Hall–Kier alpha value is -1.30. The van der Waals surface area contributed by atoms with Gasteiger partial charge in [-0.15, -0.1) is 0 Å². The molecular formula is C20H34ClN5. The van der Waals surface area contributed by atoms with E-state index in [4.69, 9.17) is 16.6 Å². The molecule has 1 aliphatic rings. The molecule has 146 valence electrons. The van der Waals surface area contributed by atoms with E-state index in [1.807, 2.05) is 12.1 Å². The van der Waals surface area contributed by atoms with E-state index in [0.29, 0.717) is 0 Å². The fraction of sp³-hybridized carbons (Fsp3) is 0.650. The van der Waals surface area contributed by atoms with Gasteiger partial charge in [0.1, 0.15) is 0 Å². The van der Waals surface area contributed by atoms with E-state index in [1.54, 1.807) is 0 Å². The fourth-order valence-electron chi connectivity index (χ4n) is 3.11. The Labute approximate surface area is 164 Å². The smallest absolute Gasteiger partial charge is 0.193 e. The SMILES string of the molecule is CCNC(=NCCCCN1CCN(C)CC1)N(C)Cc1ccc(Cl)cc1. The van der Waals surface area contributed by atoms with E-state index < -0.39 is 0 Å². The molecule has 1 aromatic rings. The summed E-state index contributed by atoms with van der Waals surface area (Å²) >= 11 is 5.97. The van der Waals surface area contributed by atoms with E-state index in [1.165, 1.54) is 44.7 Å². The van der Waals surface area contributed by atoms with Crippen molar-refractivity contribution in [3.05, 3.63) is 34.9 Å². The number of aliphatic imine (C=N–C) groups is 1. The summed E-state index contributed by atoms with van der Waals surface area (Å²) in [7, 11) is 4.29. The summed E-state index contributed by atoms with van der Waals surface area (Å²) in [5, 5.41) is 4.17. The maximum atomic E-state index is 5.97. The Morgan fingerprint density at radius 3 is 2.50 bits per heavy atom. The maximum Gasteiger partial charge on any atom is 0.193 e. The zero-order valence-corrected chi connectivity index (χ0v) is 17.3. The Balaban J connectivity index is 1.73. The molecule has 0 saturated carbocycles. The van der Waals surface area contributed by atoms with E-state index in [9.17, 15) is 0 Å². The molecule has 0 aromatic heterocycles. The van der Waals surface area contributed by atoms with Crippen LogP contribution in [-0.4, -0.2) is 80.6 Å². The lowest BCUT2D eigenvalue weighted by atomic mass is 10.2. The van der Waals surface area contributed by atoms with E-state index in [-0.39, 0.29) is 0 Å². The second-order valence-corrected chi connectivity index (χ2v) is 7.51. The molecule has 0 spiro atoms. The summed E-state index contributed by atoms with van der Waals surface area (Å²) in [6.45, 7) is 10.7. The zero-order chi connectivity index (χ0) is 18.8. The molecule has 0 unspecified atom stereocenters. The molecule has 1 heterocycles. The third-order valence-electron chi connectivity index (χ3n) is 4.77. The average Bonchev–Trinajstić information content (AvgIpc) is 2.64. The van der Waals surface area contributed by atoms with Crippen molar-refractivity contribution in [2.75, 3.05) is 59.9 Å². The fourth-order valence-corrected chi connectivity index (χ4v) is 3.24. The van der Waals surface area contributed by atoms with Crippen molar-refractivity contribution in [2.24, 2.45) is 4.99 Å². The highest BCUT2D eigenvalue weighted by atomic mass is 35.5. The maximum absolute atomic E-state index is 5.97. The molecule has 0 radical (unpaired) electrons. The van der Waals surface area contributed by atoms with Crippen LogP contribution in [0, 0.1) is 0 Å². The molecule has 1 aromatic carbocycles. The van der Waals surface area contributed by atoms with Crippen LogP contribution in [0.4, 0.5) is 0 Å². The first-order valence-electron chi connectivity index (χ1n) is 9.73. The minimum Gasteiger partial charge on any atom is -0.357 e. The highest BCUT2D eigenvalue weighted by molar-refractivity contribution is 6.30. The summed E-state index contributed by atoms with van der Waals surface area (Å²) in [5.74, 6) is 0.974. The number of nitrogens with zero attached hydrogens (tertiary/aromatic N) is 4. The molecule has 26 heavy (non-hydrogen) atoms. The molecular weight excluding hydrogens is 346 g/mol. The van der Waals surface area contributed by atoms with Crippen LogP contribution >= 0.6 is 11.6 Å². The van der Waals surface area contributed by atoms with Gasteiger partial charge in [-0.2, -0.15) is 0 Å². The summed E-state index contributed by atoms with van der Waals surface area (Å²) in [6.07, 6.45) is 2.35. The minimum absolute atomic E-state index is 0.775. The first-order valence-corrected chi connectivity index (χ1v) is 10.1. The van der Waals surface area contributed by atoms with Gasteiger partial charge >= 0.3 is 0 Å². The number of rotatable bonds is 8. The number of unbranched alkanes of at least 4 members (excludes halogenated alkanes) is 1. The number of likely N-dealkylation sites (N-methyl/N-ethyl adjacent to an activating group) is 1. The van der Waals surface area contributed by atoms with Crippen molar-refractivity contribution in [3.8, 4) is 0 Å². The molecule has 1 N–H and O–H groups in total. The Kier molecular flexibility index (Phi) is 9.23. The standard InChI is InChI=1S/C20H34ClN5/c1-4-22-20(25(3)17-18-7-9-19(21)10-8-18)23-11-5-6-12-26-15-13-24(2)14-16-26/h7-10H,4-6,11-17H2,1-3H3,(H,22,23).